The number of imide groups is 1. The van der Waals surface area contributed by atoms with E-state index in [1.165, 1.54) is 11.8 Å². The molecule has 0 radical (unpaired) electrons. The average molecular weight is 771 g/mol. The molecule has 0 bridgehead atoms. The smallest absolute Gasteiger partial charge is 0.234 e. The summed E-state index contributed by atoms with van der Waals surface area (Å²) < 4.78 is 18.7. The van der Waals surface area contributed by atoms with Crippen molar-refractivity contribution in [3.8, 4) is 5.75 Å². The van der Waals surface area contributed by atoms with Gasteiger partial charge in [-0.15, -0.1) is 0 Å². The molecule has 1 atom stereocenters. The lowest BCUT2D eigenvalue weighted by Gasteiger charge is -2.43. The second kappa shape index (κ2) is 16.5. The van der Waals surface area contributed by atoms with E-state index < -0.39 is 7.14 Å². The summed E-state index contributed by atoms with van der Waals surface area (Å²) in [6.45, 7) is 10.5. The highest BCUT2D eigenvalue weighted by Crippen LogP contribution is 2.39. The summed E-state index contributed by atoms with van der Waals surface area (Å²) in [4.78, 5) is 40.4. The molecule has 3 aliphatic rings. The fourth-order valence-electron chi connectivity index (χ4n) is 7.69. The molecule has 7 rings (SSSR count). The van der Waals surface area contributed by atoms with E-state index >= 15 is 0 Å². The summed E-state index contributed by atoms with van der Waals surface area (Å²) in [7, 11) is -0.877. The first-order valence-electron chi connectivity index (χ1n) is 18.6. The van der Waals surface area contributed by atoms with E-state index in [-0.39, 0.29) is 17.7 Å². The Labute approximate surface area is 322 Å². The highest BCUT2D eigenvalue weighted by Gasteiger charge is 2.30. The van der Waals surface area contributed by atoms with Crippen molar-refractivity contribution in [1.29, 1.82) is 0 Å². The molecule has 1 unspecified atom stereocenters. The monoisotopic (exact) mass is 770 g/mol. The number of halogens is 1. The Morgan fingerprint density at radius 3 is 2.35 bits per heavy atom. The van der Waals surface area contributed by atoms with Crippen LogP contribution in [0.2, 0.25) is 5.02 Å². The number of nitrogens with one attached hydrogen (secondary N) is 3. The SMILES string of the molecule is COc1cc(N2CCC(N3CCN(Cc4ccc(C5CCC(=O)NC5=O)cc4)CC3)CC2)ccc1Nc1ncc(Cl)c(Nc2ccccc2P(C)(C)=O)n1. The lowest BCUT2D eigenvalue weighted by molar-refractivity contribution is -0.134. The Morgan fingerprint density at radius 2 is 1.65 bits per heavy atom. The normalized spacial score (nSPS) is 19.0. The number of rotatable bonds is 11. The number of amides is 2. The van der Waals surface area contributed by atoms with Gasteiger partial charge in [-0.3, -0.25) is 24.7 Å². The van der Waals surface area contributed by atoms with Gasteiger partial charge in [0.25, 0.3) is 0 Å². The highest BCUT2D eigenvalue weighted by atomic mass is 35.5. The van der Waals surface area contributed by atoms with Gasteiger partial charge in [-0.2, -0.15) is 4.98 Å². The summed E-state index contributed by atoms with van der Waals surface area (Å²) in [5.74, 6) is 0.840. The predicted octanol–water partition coefficient (Wildman–Crippen LogP) is 6.18. The van der Waals surface area contributed by atoms with Crippen molar-refractivity contribution in [1.82, 2.24) is 25.1 Å². The molecule has 3 aliphatic heterocycles. The molecule has 3 N–H and O–H groups in total. The van der Waals surface area contributed by atoms with Crippen molar-refractivity contribution in [3.63, 3.8) is 0 Å². The molecule has 3 aromatic carbocycles. The number of hydrogen-bond acceptors (Lipinski definition) is 11. The minimum absolute atomic E-state index is 0.181. The molecule has 0 spiro atoms. The second-order valence-electron chi connectivity index (χ2n) is 14.7. The van der Waals surface area contributed by atoms with E-state index in [9.17, 15) is 14.2 Å². The lowest BCUT2D eigenvalue weighted by Crippen LogP contribution is -2.53. The molecule has 54 heavy (non-hydrogen) atoms. The molecular formula is C40H48ClN8O4P. The van der Waals surface area contributed by atoms with Crippen LogP contribution in [0.3, 0.4) is 0 Å². The summed E-state index contributed by atoms with van der Waals surface area (Å²) in [6.07, 6.45) is 4.72. The first-order chi connectivity index (χ1) is 26.0. The zero-order chi connectivity index (χ0) is 37.8. The van der Waals surface area contributed by atoms with Crippen LogP contribution in [0.25, 0.3) is 0 Å². The van der Waals surface area contributed by atoms with Gasteiger partial charge < -0.3 is 24.8 Å². The van der Waals surface area contributed by atoms with Crippen molar-refractivity contribution in [2.75, 3.05) is 75.2 Å². The molecular weight excluding hydrogens is 723 g/mol. The number of ether oxygens (including phenoxy) is 1. The van der Waals surface area contributed by atoms with Crippen LogP contribution >= 0.6 is 18.7 Å². The van der Waals surface area contributed by atoms with E-state index in [0.29, 0.717) is 47.1 Å². The predicted molar refractivity (Wildman–Crippen MR) is 216 cm³/mol. The summed E-state index contributed by atoms with van der Waals surface area (Å²) in [5.41, 5.74) is 4.77. The first-order valence-corrected chi connectivity index (χ1v) is 21.5. The molecule has 3 saturated heterocycles. The number of carbonyl (C=O) groups excluding carboxylic acids is 2. The zero-order valence-electron chi connectivity index (χ0n) is 31.1. The third kappa shape index (κ3) is 8.90. The zero-order valence-corrected chi connectivity index (χ0v) is 32.7. The van der Waals surface area contributed by atoms with Crippen LogP contribution in [-0.4, -0.2) is 97.3 Å². The maximum atomic E-state index is 12.9. The summed E-state index contributed by atoms with van der Waals surface area (Å²) >= 11 is 6.47. The van der Waals surface area contributed by atoms with Gasteiger partial charge in [0, 0.05) is 75.3 Å². The number of benzene rings is 3. The van der Waals surface area contributed by atoms with Gasteiger partial charge >= 0.3 is 0 Å². The number of aromatic nitrogens is 2. The molecule has 2 amide bonds. The van der Waals surface area contributed by atoms with Crippen LogP contribution in [0.1, 0.15) is 42.7 Å². The molecule has 12 nitrogen and oxygen atoms in total. The quantitative estimate of drug-likeness (QED) is 0.119. The molecule has 4 aromatic rings. The number of piperidine rings is 2. The number of carbonyl (C=O) groups is 2. The van der Waals surface area contributed by atoms with Gasteiger partial charge in [0.05, 0.1) is 30.6 Å². The third-order valence-corrected chi connectivity index (χ3v) is 12.5. The van der Waals surface area contributed by atoms with Gasteiger partial charge in [0.1, 0.15) is 17.9 Å². The van der Waals surface area contributed by atoms with E-state index in [1.807, 2.05) is 42.5 Å². The molecule has 284 valence electrons. The maximum absolute atomic E-state index is 12.9. The lowest BCUT2D eigenvalue weighted by atomic mass is 9.90. The van der Waals surface area contributed by atoms with Gasteiger partial charge in [-0.1, -0.05) is 48.0 Å². The first kappa shape index (κ1) is 37.8. The summed E-state index contributed by atoms with van der Waals surface area (Å²) in [5, 5.41) is 10.1. The number of methoxy groups -OCH3 is 1. The minimum Gasteiger partial charge on any atom is -0.494 e. The van der Waals surface area contributed by atoms with E-state index in [0.717, 1.165) is 80.9 Å². The van der Waals surface area contributed by atoms with Crippen LogP contribution in [0.15, 0.2) is 72.9 Å². The van der Waals surface area contributed by atoms with Crippen LogP contribution in [0.4, 0.5) is 28.8 Å². The van der Waals surface area contributed by atoms with Crippen molar-refractivity contribution < 1.29 is 18.9 Å². The minimum atomic E-state index is -2.54. The molecule has 0 saturated carbocycles. The van der Waals surface area contributed by atoms with Crippen molar-refractivity contribution in [3.05, 3.63) is 89.1 Å². The number of nitrogens with zero attached hydrogens (tertiary/aromatic N) is 5. The third-order valence-electron chi connectivity index (χ3n) is 10.7. The van der Waals surface area contributed by atoms with Crippen molar-refractivity contribution >= 4 is 64.7 Å². The Hall–Kier alpha value is -4.48. The van der Waals surface area contributed by atoms with Gasteiger partial charge in [-0.25, -0.2) is 4.98 Å². The molecule has 1 aromatic heterocycles. The fraction of sp³-hybridized carbons (Fsp3) is 0.400. The number of para-hydroxylation sites is 1. The van der Waals surface area contributed by atoms with Crippen LogP contribution in [0, 0.1) is 0 Å². The van der Waals surface area contributed by atoms with E-state index in [1.54, 1.807) is 20.4 Å². The number of anilines is 5. The standard InChI is InChI=1S/C40H48ClN8O4P/c1-53-35-24-30(12-14-33(35)44-40-42-25-32(41)38(46-40)43-34-6-4-5-7-36(34)54(2,3)52)48-18-16-29(17-19-48)49-22-20-47(21-23-49)26-27-8-10-28(11-9-27)31-13-15-37(50)45-39(31)51/h4-12,14,24-25,29,31H,13,15-23,26H2,1-3H3,(H,45,50,51)(H2,42,43,44,46). The van der Waals surface area contributed by atoms with E-state index in [2.05, 4.69) is 64.9 Å². The molecule has 0 aliphatic carbocycles. The number of hydrogen-bond donors (Lipinski definition) is 3. The molecule has 3 fully saturated rings. The number of piperazine rings is 1. The largest absolute Gasteiger partial charge is 0.494 e. The molecule has 14 heteroatoms. The Morgan fingerprint density at radius 1 is 0.907 bits per heavy atom. The van der Waals surface area contributed by atoms with Gasteiger partial charge in [0.15, 0.2) is 5.82 Å². The van der Waals surface area contributed by atoms with Crippen molar-refractivity contribution in [2.24, 2.45) is 0 Å². The Kier molecular flexibility index (Phi) is 11.5. The Balaban J connectivity index is 0.902. The van der Waals surface area contributed by atoms with Gasteiger partial charge in [-0.05, 0) is 68.0 Å². The topological polar surface area (TPSA) is 132 Å². The van der Waals surface area contributed by atoms with Crippen LogP contribution < -0.4 is 30.9 Å². The Bertz CT molecular complexity index is 2030. The maximum Gasteiger partial charge on any atom is 0.234 e. The fourth-order valence-corrected chi connectivity index (χ4v) is 8.99. The highest BCUT2D eigenvalue weighted by molar-refractivity contribution is 7.70. The van der Waals surface area contributed by atoms with Gasteiger partial charge in [0.2, 0.25) is 17.8 Å². The van der Waals surface area contributed by atoms with Crippen molar-refractivity contribution in [2.45, 2.75) is 44.2 Å². The molecule has 4 heterocycles. The van der Waals surface area contributed by atoms with E-state index in [4.69, 9.17) is 16.3 Å². The second-order valence-corrected chi connectivity index (χ2v) is 18.3. The van der Waals surface area contributed by atoms with Crippen LogP contribution in [-0.2, 0) is 20.7 Å². The average Bonchev–Trinajstić information content (AvgIpc) is 3.17. The van der Waals surface area contributed by atoms with Crippen LogP contribution in [0.5, 0.6) is 5.75 Å². The summed E-state index contributed by atoms with van der Waals surface area (Å²) in [6, 6.07) is 22.5.